The highest BCUT2D eigenvalue weighted by atomic mass is 16.2. The minimum Gasteiger partial charge on any atom is -0.270 e. The number of amides is 3. The third kappa shape index (κ3) is 2.19. The summed E-state index contributed by atoms with van der Waals surface area (Å²) >= 11 is 0. The molecule has 0 spiro atoms. The summed E-state index contributed by atoms with van der Waals surface area (Å²) < 4.78 is 1.87. The van der Waals surface area contributed by atoms with E-state index in [1.807, 2.05) is 49.6 Å². The number of aromatic amines is 1. The number of fused-ring (bicyclic) bond motifs is 3. The van der Waals surface area contributed by atoms with Gasteiger partial charge in [-0.1, -0.05) is 34.8 Å². The molecule has 25 heavy (non-hydrogen) atoms. The van der Waals surface area contributed by atoms with E-state index in [0.717, 1.165) is 22.5 Å². The Bertz CT molecular complexity index is 926. The van der Waals surface area contributed by atoms with Gasteiger partial charge in [0.1, 0.15) is 11.4 Å². The molecular weight excluding hydrogens is 318 g/mol. The molecule has 1 unspecified atom stereocenters. The summed E-state index contributed by atoms with van der Waals surface area (Å²) in [4.78, 5) is 36.2. The molecule has 2 aliphatic heterocycles. The first-order chi connectivity index (χ1) is 11.9. The van der Waals surface area contributed by atoms with Gasteiger partial charge < -0.3 is 0 Å². The van der Waals surface area contributed by atoms with Crippen LogP contribution in [0, 0.1) is 20.8 Å². The number of nitrogens with zero attached hydrogens (tertiary/aromatic N) is 4. The minimum atomic E-state index is -0.590. The molecule has 2 aliphatic rings. The van der Waals surface area contributed by atoms with E-state index in [-0.39, 0.29) is 18.5 Å². The van der Waals surface area contributed by atoms with E-state index in [1.54, 1.807) is 7.05 Å². The van der Waals surface area contributed by atoms with Gasteiger partial charge in [-0.05, 0) is 26.3 Å². The van der Waals surface area contributed by atoms with Crippen LogP contribution in [-0.2, 0) is 11.3 Å². The zero-order chi connectivity index (χ0) is 17.9. The second-order valence-electron chi connectivity index (χ2n) is 6.65. The lowest BCUT2D eigenvalue weighted by molar-refractivity contribution is -0.682. The van der Waals surface area contributed by atoms with Crippen LogP contribution in [0.1, 0.15) is 28.6 Å². The highest BCUT2D eigenvalue weighted by Crippen LogP contribution is 2.29. The van der Waals surface area contributed by atoms with Crippen molar-refractivity contribution in [1.82, 2.24) is 14.8 Å². The van der Waals surface area contributed by atoms with Crippen LogP contribution < -0.4 is 4.57 Å². The third-order valence-electron chi connectivity index (χ3n) is 4.98. The number of benzene rings is 1. The molecule has 1 aromatic carbocycles. The molecule has 1 N–H and O–H groups in total. The van der Waals surface area contributed by atoms with Gasteiger partial charge in [-0.2, -0.15) is 0 Å². The summed E-state index contributed by atoms with van der Waals surface area (Å²) in [6, 6.07) is 6.91. The monoisotopic (exact) mass is 338 g/mol. The summed E-state index contributed by atoms with van der Waals surface area (Å²) in [5, 5.41) is 0. The molecule has 7 nitrogen and oxygen atoms in total. The van der Waals surface area contributed by atoms with Gasteiger partial charge in [0.25, 0.3) is 5.91 Å². The molecule has 128 valence electrons. The number of aryl methyl sites for hydroxylation is 2. The number of hydrogen-bond donors (Lipinski definition) is 1. The summed E-state index contributed by atoms with van der Waals surface area (Å²) in [5.41, 5.74) is 3.98. The van der Waals surface area contributed by atoms with E-state index in [2.05, 4.69) is 9.98 Å². The van der Waals surface area contributed by atoms with Crippen molar-refractivity contribution < 1.29 is 14.2 Å². The lowest BCUT2D eigenvalue weighted by Crippen LogP contribution is -2.63. The van der Waals surface area contributed by atoms with Crippen molar-refractivity contribution in [1.29, 1.82) is 0 Å². The molecule has 4 rings (SSSR count). The van der Waals surface area contributed by atoms with Gasteiger partial charge in [-0.15, -0.1) is 0 Å². The Labute approximate surface area is 145 Å². The molecule has 1 atom stereocenters. The average molecular weight is 338 g/mol. The van der Waals surface area contributed by atoms with Gasteiger partial charge in [0.05, 0.1) is 6.54 Å². The summed E-state index contributed by atoms with van der Waals surface area (Å²) in [7, 11) is 1.66. The predicted octanol–water partition coefficient (Wildman–Crippen LogP) is 1.91. The third-order valence-corrected chi connectivity index (χ3v) is 4.98. The zero-order valence-electron chi connectivity index (χ0n) is 14.7. The van der Waals surface area contributed by atoms with Gasteiger partial charge in [0, 0.05) is 7.05 Å². The first-order valence-electron chi connectivity index (χ1n) is 8.22. The maximum atomic E-state index is 13.1. The number of carbonyl (C=O) groups is 2. The van der Waals surface area contributed by atoms with Crippen LogP contribution in [0.4, 0.5) is 10.7 Å². The molecule has 0 aliphatic carbocycles. The van der Waals surface area contributed by atoms with Crippen LogP contribution in [0.3, 0.4) is 0 Å². The molecule has 0 radical (unpaired) electrons. The normalized spacial score (nSPS) is 19.2. The summed E-state index contributed by atoms with van der Waals surface area (Å²) in [6.45, 7) is 6.15. The standard InChI is InChI=1S/C18H19N5O2/c1-10-5-7-13(8-6-10)9-22-16(24)14-15(21(4)18(22)25)20-17-19-11(2)12(3)23(14)17/h5-8,14H,9H2,1-4H3/p+1. The predicted molar refractivity (Wildman–Crippen MR) is 91.5 cm³/mol. The fourth-order valence-electron chi connectivity index (χ4n) is 3.36. The van der Waals surface area contributed by atoms with Crippen molar-refractivity contribution in [3.8, 4) is 0 Å². The van der Waals surface area contributed by atoms with Crippen molar-refractivity contribution >= 4 is 23.7 Å². The van der Waals surface area contributed by atoms with Crippen LogP contribution >= 0.6 is 0 Å². The average Bonchev–Trinajstić information content (AvgIpc) is 3.08. The van der Waals surface area contributed by atoms with Crippen molar-refractivity contribution in [2.24, 2.45) is 4.99 Å². The van der Waals surface area contributed by atoms with E-state index in [9.17, 15) is 9.59 Å². The quantitative estimate of drug-likeness (QED) is 0.850. The van der Waals surface area contributed by atoms with E-state index in [1.165, 1.54) is 9.80 Å². The molecule has 1 aromatic heterocycles. The number of rotatable bonds is 2. The number of nitrogens with one attached hydrogen (secondary N) is 1. The first-order valence-corrected chi connectivity index (χ1v) is 8.22. The Morgan fingerprint density at radius 1 is 1.16 bits per heavy atom. The number of aliphatic imine (C=N–C) groups is 1. The van der Waals surface area contributed by atoms with Gasteiger partial charge in [-0.25, -0.2) is 14.3 Å². The van der Waals surface area contributed by atoms with Crippen LogP contribution in [-0.4, -0.2) is 39.6 Å². The second kappa shape index (κ2) is 5.27. The number of hydrogen-bond acceptors (Lipinski definition) is 3. The fraction of sp³-hybridized carbons (Fsp3) is 0.333. The molecule has 7 heteroatoms. The molecule has 1 fully saturated rings. The molecular formula is C18H20N5O2+. The van der Waals surface area contributed by atoms with Crippen molar-refractivity contribution in [2.75, 3.05) is 7.05 Å². The van der Waals surface area contributed by atoms with Gasteiger partial charge in [-0.3, -0.25) is 14.6 Å². The largest absolute Gasteiger partial charge is 0.399 e. The highest BCUT2D eigenvalue weighted by Gasteiger charge is 2.53. The lowest BCUT2D eigenvalue weighted by atomic mass is 10.1. The Morgan fingerprint density at radius 3 is 2.52 bits per heavy atom. The fourth-order valence-corrected chi connectivity index (χ4v) is 3.36. The van der Waals surface area contributed by atoms with Crippen molar-refractivity contribution in [2.45, 2.75) is 33.4 Å². The number of aromatic nitrogens is 2. The summed E-state index contributed by atoms with van der Waals surface area (Å²) in [6.07, 6.45) is 0. The van der Waals surface area contributed by atoms with Crippen molar-refractivity contribution in [3.63, 3.8) is 0 Å². The molecule has 3 amide bonds. The van der Waals surface area contributed by atoms with Gasteiger partial charge in [0.2, 0.25) is 11.9 Å². The van der Waals surface area contributed by atoms with Crippen LogP contribution in [0.25, 0.3) is 0 Å². The van der Waals surface area contributed by atoms with E-state index in [4.69, 9.17) is 0 Å². The molecule has 3 heterocycles. The molecule has 2 aromatic rings. The maximum Gasteiger partial charge on any atom is 0.399 e. The molecule has 0 bridgehead atoms. The van der Waals surface area contributed by atoms with Gasteiger partial charge in [0.15, 0.2) is 0 Å². The van der Waals surface area contributed by atoms with E-state index < -0.39 is 6.04 Å². The number of imidazole rings is 1. The Hall–Kier alpha value is -2.96. The highest BCUT2D eigenvalue weighted by molar-refractivity contribution is 6.19. The van der Waals surface area contributed by atoms with E-state index >= 15 is 0 Å². The summed E-state index contributed by atoms with van der Waals surface area (Å²) in [5.74, 6) is 0.845. The van der Waals surface area contributed by atoms with Crippen molar-refractivity contribution in [3.05, 3.63) is 46.8 Å². The second-order valence-corrected chi connectivity index (χ2v) is 6.65. The Morgan fingerprint density at radius 2 is 1.84 bits per heavy atom. The van der Waals surface area contributed by atoms with Crippen LogP contribution in [0.15, 0.2) is 29.3 Å². The first kappa shape index (κ1) is 15.6. The molecule has 1 saturated heterocycles. The topological polar surface area (TPSA) is 72.7 Å². The number of carbonyl (C=O) groups excluding carboxylic acids is 2. The number of H-pyrrole nitrogens is 1. The van der Waals surface area contributed by atoms with Crippen LogP contribution in [0.5, 0.6) is 0 Å². The smallest absolute Gasteiger partial charge is 0.270 e. The lowest BCUT2D eigenvalue weighted by Gasteiger charge is -2.33. The number of amidine groups is 1. The number of imide groups is 1. The maximum absolute atomic E-state index is 13.1. The Kier molecular flexibility index (Phi) is 3.28. The Balaban J connectivity index is 1.73. The SMILES string of the molecule is Cc1ccc(CN2C(=O)C3C(=Nc4[nH]c(C)c(C)[n+]43)N(C)C2=O)cc1. The van der Waals surface area contributed by atoms with Crippen LogP contribution in [0.2, 0.25) is 0 Å². The number of urea groups is 1. The number of likely N-dealkylation sites (N-methyl/N-ethyl adjacent to an activating group) is 1. The van der Waals surface area contributed by atoms with E-state index in [0.29, 0.717) is 11.8 Å². The zero-order valence-corrected chi connectivity index (χ0v) is 14.7. The minimum absolute atomic E-state index is 0.242. The molecule has 0 saturated carbocycles. The van der Waals surface area contributed by atoms with Gasteiger partial charge >= 0.3 is 12.0 Å².